The van der Waals surface area contributed by atoms with Crippen LogP contribution in [0, 0.1) is 0 Å². The van der Waals surface area contributed by atoms with Crippen molar-refractivity contribution in [3.8, 4) is 0 Å². The number of anilines is 1. The van der Waals surface area contributed by atoms with Gasteiger partial charge in [-0.25, -0.2) is 0 Å². The summed E-state index contributed by atoms with van der Waals surface area (Å²) in [5.41, 5.74) is 0.800. The van der Waals surface area contributed by atoms with E-state index in [-0.39, 0.29) is 0 Å². The fourth-order valence-electron chi connectivity index (χ4n) is 2.39. The molecule has 112 valence electrons. The Balaban J connectivity index is 2.01. The van der Waals surface area contributed by atoms with Crippen LogP contribution in [0.2, 0.25) is 0 Å². The topological polar surface area (TPSA) is 15.3 Å². The van der Waals surface area contributed by atoms with Crippen molar-refractivity contribution in [3.05, 3.63) is 24.3 Å². The third kappa shape index (κ3) is 4.31. The molecule has 1 saturated heterocycles. The summed E-state index contributed by atoms with van der Waals surface area (Å²) >= 11 is 0.838. The highest BCUT2D eigenvalue weighted by Crippen LogP contribution is 2.33. The smallest absolute Gasteiger partial charge is 0.380 e. The second kappa shape index (κ2) is 6.26. The number of hydrogen-bond acceptors (Lipinski definition) is 3. The van der Waals surface area contributed by atoms with Crippen LogP contribution in [0.1, 0.15) is 13.3 Å². The molecule has 1 aromatic carbocycles. The molecule has 1 aliphatic rings. The standard InChI is InChI=1S/C14H19F3N2S/c1-10-7-11(8-19(10)2)18-12-5-3-4-6-13(12)20-9-14(15,16)17/h3-6,10-11,18H,7-9H2,1-2H3. The van der Waals surface area contributed by atoms with Crippen LogP contribution >= 0.6 is 11.8 Å². The molecule has 6 heteroatoms. The monoisotopic (exact) mass is 304 g/mol. The summed E-state index contributed by atoms with van der Waals surface area (Å²) in [5, 5.41) is 3.38. The Labute approximate surface area is 121 Å². The number of thioether (sulfide) groups is 1. The zero-order valence-electron chi connectivity index (χ0n) is 11.6. The van der Waals surface area contributed by atoms with Crippen LogP contribution in [-0.2, 0) is 0 Å². The number of alkyl halides is 3. The first-order valence-electron chi connectivity index (χ1n) is 6.60. The highest BCUT2D eigenvalue weighted by molar-refractivity contribution is 7.99. The maximum Gasteiger partial charge on any atom is 0.398 e. The number of benzene rings is 1. The van der Waals surface area contributed by atoms with Crippen LogP contribution in [0.4, 0.5) is 18.9 Å². The van der Waals surface area contributed by atoms with E-state index < -0.39 is 11.9 Å². The molecule has 2 atom stereocenters. The van der Waals surface area contributed by atoms with Crippen molar-refractivity contribution < 1.29 is 13.2 Å². The normalized spacial score (nSPS) is 24.1. The van der Waals surface area contributed by atoms with Crippen LogP contribution in [0.5, 0.6) is 0 Å². The van der Waals surface area contributed by atoms with Gasteiger partial charge >= 0.3 is 6.18 Å². The third-order valence-electron chi connectivity index (χ3n) is 3.52. The molecule has 1 heterocycles. The second-order valence-corrected chi connectivity index (χ2v) is 6.28. The Bertz CT molecular complexity index is 440. The molecular formula is C14H19F3N2S. The third-order valence-corrected chi connectivity index (χ3v) is 4.66. The fourth-order valence-corrected chi connectivity index (χ4v) is 3.17. The van der Waals surface area contributed by atoms with Gasteiger partial charge in [-0.3, -0.25) is 0 Å². The van der Waals surface area contributed by atoms with E-state index >= 15 is 0 Å². The number of nitrogens with one attached hydrogen (secondary N) is 1. The van der Waals surface area contributed by atoms with Crippen molar-refractivity contribution in [2.75, 3.05) is 24.7 Å². The van der Waals surface area contributed by atoms with Gasteiger partial charge in [0.15, 0.2) is 0 Å². The number of nitrogens with zero attached hydrogens (tertiary/aromatic N) is 1. The van der Waals surface area contributed by atoms with E-state index in [0.717, 1.165) is 30.4 Å². The summed E-state index contributed by atoms with van der Waals surface area (Å²) in [6, 6.07) is 8.00. The number of para-hydroxylation sites is 1. The van der Waals surface area contributed by atoms with Crippen LogP contribution in [0.3, 0.4) is 0 Å². The maximum absolute atomic E-state index is 12.3. The molecule has 20 heavy (non-hydrogen) atoms. The molecule has 2 rings (SSSR count). The van der Waals surface area contributed by atoms with Crippen LogP contribution in [0.15, 0.2) is 29.2 Å². The van der Waals surface area contributed by atoms with Gasteiger partial charge in [-0.2, -0.15) is 13.2 Å². The summed E-state index contributed by atoms with van der Waals surface area (Å²) in [7, 11) is 2.07. The van der Waals surface area contributed by atoms with Crippen molar-refractivity contribution in [2.45, 2.75) is 36.5 Å². The highest BCUT2D eigenvalue weighted by Gasteiger charge is 2.29. The van der Waals surface area contributed by atoms with E-state index in [4.69, 9.17) is 0 Å². The van der Waals surface area contributed by atoms with Crippen LogP contribution in [0.25, 0.3) is 0 Å². The molecule has 2 unspecified atom stereocenters. The number of rotatable bonds is 4. The molecule has 2 nitrogen and oxygen atoms in total. The molecule has 0 saturated carbocycles. The van der Waals surface area contributed by atoms with Gasteiger partial charge in [-0.1, -0.05) is 12.1 Å². The van der Waals surface area contributed by atoms with Crippen LogP contribution in [-0.4, -0.2) is 42.5 Å². The van der Waals surface area contributed by atoms with E-state index in [1.165, 1.54) is 0 Å². The van der Waals surface area contributed by atoms with Gasteiger partial charge < -0.3 is 10.2 Å². The lowest BCUT2D eigenvalue weighted by Gasteiger charge is -2.17. The molecule has 0 radical (unpaired) electrons. The first-order chi connectivity index (χ1) is 9.35. The molecule has 0 aromatic heterocycles. The van der Waals surface area contributed by atoms with Gasteiger partial charge in [-0.05, 0) is 32.5 Å². The van der Waals surface area contributed by atoms with E-state index in [9.17, 15) is 13.2 Å². The molecule has 0 aliphatic carbocycles. The molecule has 1 N–H and O–H groups in total. The van der Waals surface area contributed by atoms with Gasteiger partial charge in [0.05, 0.1) is 5.75 Å². The summed E-state index contributed by atoms with van der Waals surface area (Å²) in [5.74, 6) is -0.854. The van der Waals surface area contributed by atoms with Crippen molar-refractivity contribution in [1.29, 1.82) is 0 Å². The van der Waals surface area contributed by atoms with Gasteiger partial charge in [0.2, 0.25) is 0 Å². The quantitative estimate of drug-likeness (QED) is 0.851. The van der Waals surface area contributed by atoms with Crippen molar-refractivity contribution in [2.24, 2.45) is 0 Å². The van der Waals surface area contributed by atoms with E-state index in [0.29, 0.717) is 17.0 Å². The van der Waals surface area contributed by atoms with E-state index in [2.05, 4.69) is 24.2 Å². The second-order valence-electron chi connectivity index (χ2n) is 5.27. The first-order valence-corrected chi connectivity index (χ1v) is 7.59. The summed E-state index contributed by atoms with van der Waals surface area (Å²) in [4.78, 5) is 2.91. The average molecular weight is 304 g/mol. The average Bonchev–Trinajstić information content (AvgIpc) is 2.66. The van der Waals surface area contributed by atoms with E-state index in [1.54, 1.807) is 12.1 Å². The minimum atomic E-state index is -4.14. The predicted octanol–water partition coefficient (Wildman–Crippen LogP) is 3.85. The number of halogens is 3. The first kappa shape index (κ1) is 15.5. The zero-order chi connectivity index (χ0) is 14.8. The minimum absolute atomic E-state index is 0.294. The fraction of sp³-hybridized carbons (Fsp3) is 0.571. The predicted molar refractivity (Wildman–Crippen MR) is 77.3 cm³/mol. The lowest BCUT2D eigenvalue weighted by Crippen LogP contribution is -2.25. The van der Waals surface area contributed by atoms with Crippen molar-refractivity contribution in [3.63, 3.8) is 0 Å². The van der Waals surface area contributed by atoms with Gasteiger partial charge in [0.1, 0.15) is 0 Å². The molecular weight excluding hydrogens is 285 g/mol. The Kier molecular flexibility index (Phi) is 4.86. The summed E-state index contributed by atoms with van der Waals surface area (Å²) in [6.07, 6.45) is -3.13. The summed E-state index contributed by atoms with van der Waals surface area (Å²) in [6.45, 7) is 3.07. The largest absolute Gasteiger partial charge is 0.398 e. The van der Waals surface area contributed by atoms with E-state index in [1.807, 2.05) is 12.1 Å². The molecule has 1 aromatic rings. The number of hydrogen-bond donors (Lipinski definition) is 1. The molecule has 1 fully saturated rings. The molecule has 1 aliphatic heterocycles. The Morgan fingerprint density at radius 2 is 2.05 bits per heavy atom. The zero-order valence-corrected chi connectivity index (χ0v) is 12.4. The molecule has 0 spiro atoms. The van der Waals surface area contributed by atoms with Crippen LogP contribution < -0.4 is 5.32 Å². The lowest BCUT2D eigenvalue weighted by atomic mass is 10.2. The Hall–Kier alpha value is -0.880. The number of likely N-dealkylation sites (N-methyl/N-ethyl adjacent to an activating group) is 1. The maximum atomic E-state index is 12.3. The van der Waals surface area contributed by atoms with Gasteiger partial charge in [0, 0.05) is 29.2 Å². The SMILES string of the molecule is CC1CC(Nc2ccccc2SCC(F)(F)F)CN1C. The Morgan fingerprint density at radius 3 is 2.65 bits per heavy atom. The highest BCUT2D eigenvalue weighted by atomic mass is 32.2. The molecule has 0 amide bonds. The Morgan fingerprint density at radius 1 is 1.35 bits per heavy atom. The van der Waals surface area contributed by atoms with Crippen molar-refractivity contribution in [1.82, 2.24) is 4.90 Å². The lowest BCUT2D eigenvalue weighted by molar-refractivity contribution is -0.105. The minimum Gasteiger partial charge on any atom is -0.380 e. The van der Waals surface area contributed by atoms with Gasteiger partial charge in [-0.15, -0.1) is 11.8 Å². The van der Waals surface area contributed by atoms with Gasteiger partial charge in [0.25, 0.3) is 0 Å². The van der Waals surface area contributed by atoms with Crippen molar-refractivity contribution >= 4 is 17.4 Å². The molecule has 0 bridgehead atoms. The summed E-state index contributed by atoms with van der Waals surface area (Å²) < 4.78 is 37.0. The number of likely N-dealkylation sites (tertiary alicyclic amines) is 1.